The van der Waals surface area contributed by atoms with E-state index in [2.05, 4.69) is 5.32 Å². The van der Waals surface area contributed by atoms with Crippen molar-refractivity contribution in [3.05, 3.63) is 39.7 Å². The number of hydrogen-bond donors (Lipinski definition) is 1. The minimum Gasteiger partial charge on any atom is -0.423 e. The number of hydrogen-bond acceptors (Lipinski definition) is 5. The normalized spacial score (nSPS) is 15.0. The Morgan fingerprint density at radius 1 is 1.18 bits per heavy atom. The van der Waals surface area contributed by atoms with Crippen LogP contribution in [0.15, 0.2) is 27.4 Å². The number of benzene rings is 1. The lowest BCUT2D eigenvalue weighted by atomic mass is 9.95. The summed E-state index contributed by atoms with van der Waals surface area (Å²) in [4.78, 5) is 38.1. The number of piperidine rings is 1. The molecule has 2 aromatic rings. The fourth-order valence-electron chi connectivity index (χ4n) is 3.51. The summed E-state index contributed by atoms with van der Waals surface area (Å²) in [6.45, 7) is 7.29. The summed E-state index contributed by atoms with van der Waals surface area (Å²) >= 11 is 0. The van der Waals surface area contributed by atoms with E-state index in [4.69, 9.17) is 9.15 Å². The number of anilines is 1. The molecule has 0 spiro atoms. The zero-order valence-corrected chi connectivity index (χ0v) is 16.5. The number of nitrogens with zero attached hydrogens (tertiary/aromatic N) is 1. The van der Waals surface area contributed by atoms with Crippen LogP contribution in [0.1, 0.15) is 30.9 Å². The van der Waals surface area contributed by atoms with Crippen molar-refractivity contribution in [1.82, 2.24) is 4.90 Å². The topological polar surface area (TPSA) is 88.9 Å². The van der Waals surface area contributed by atoms with Crippen LogP contribution >= 0.6 is 0 Å². The lowest BCUT2D eigenvalue weighted by Crippen LogP contribution is -2.43. The molecule has 7 heteroatoms. The van der Waals surface area contributed by atoms with Gasteiger partial charge in [0.2, 0.25) is 11.8 Å². The molecule has 1 saturated heterocycles. The number of carbonyl (C=O) groups excluding carboxylic acids is 2. The quantitative estimate of drug-likeness (QED) is 0.798. The maximum atomic E-state index is 12.7. The Hall–Kier alpha value is -2.67. The van der Waals surface area contributed by atoms with Crippen molar-refractivity contribution in [3.8, 4) is 0 Å². The third kappa shape index (κ3) is 4.42. The minimum atomic E-state index is -0.383. The first-order chi connectivity index (χ1) is 13.4. The first kappa shape index (κ1) is 20.1. The molecule has 1 aromatic heterocycles. The smallest absolute Gasteiger partial charge is 0.336 e. The van der Waals surface area contributed by atoms with Crippen molar-refractivity contribution >= 4 is 28.5 Å². The van der Waals surface area contributed by atoms with Gasteiger partial charge in [0.15, 0.2) is 0 Å². The zero-order valence-electron chi connectivity index (χ0n) is 16.5. The Kier molecular flexibility index (Phi) is 6.14. The van der Waals surface area contributed by atoms with E-state index >= 15 is 0 Å². The molecule has 0 saturated carbocycles. The van der Waals surface area contributed by atoms with Crippen LogP contribution in [0.4, 0.5) is 5.69 Å². The lowest BCUT2D eigenvalue weighted by Gasteiger charge is -2.31. The maximum Gasteiger partial charge on any atom is 0.336 e. The minimum absolute atomic E-state index is 0.0250. The van der Waals surface area contributed by atoms with Crippen molar-refractivity contribution in [2.75, 3.05) is 31.6 Å². The number of rotatable bonds is 5. The van der Waals surface area contributed by atoms with Crippen molar-refractivity contribution in [3.63, 3.8) is 0 Å². The SMILES string of the molecule is CCOCC(=O)N1CCC(C(=O)Nc2cc3c(C)cc(=O)oc3cc2C)CC1. The summed E-state index contributed by atoms with van der Waals surface area (Å²) in [5.74, 6) is -0.210. The zero-order chi connectivity index (χ0) is 20.3. The maximum absolute atomic E-state index is 12.7. The highest BCUT2D eigenvalue weighted by Crippen LogP contribution is 2.26. The lowest BCUT2D eigenvalue weighted by molar-refractivity contribution is -0.138. The van der Waals surface area contributed by atoms with Gasteiger partial charge in [-0.15, -0.1) is 0 Å². The first-order valence-electron chi connectivity index (χ1n) is 9.60. The molecule has 2 amide bonds. The van der Waals surface area contributed by atoms with Crippen LogP contribution in [0.5, 0.6) is 0 Å². The van der Waals surface area contributed by atoms with Crippen molar-refractivity contribution in [2.24, 2.45) is 5.92 Å². The third-order valence-corrected chi connectivity index (χ3v) is 5.20. The van der Waals surface area contributed by atoms with Crippen LogP contribution in [0, 0.1) is 19.8 Å². The summed E-state index contributed by atoms with van der Waals surface area (Å²) in [5.41, 5.74) is 2.49. The fourth-order valence-corrected chi connectivity index (χ4v) is 3.51. The van der Waals surface area contributed by atoms with E-state index in [1.807, 2.05) is 26.8 Å². The molecule has 1 N–H and O–H groups in total. The number of carbonyl (C=O) groups is 2. The van der Waals surface area contributed by atoms with E-state index in [-0.39, 0.29) is 30.0 Å². The van der Waals surface area contributed by atoms with Gasteiger partial charge in [-0.2, -0.15) is 0 Å². The Morgan fingerprint density at radius 3 is 2.57 bits per heavy atom. The van der Waals surface area contributed by atoms with Gasteiger partial charge in [0, 0.05) is 42.8 Å². The van der Waals surface area contributed by atoms with Gasteiger partial charge in [-0.1, -0.05) is 0 Å². The highest BCUT2D eigenvalue weighted by Gasteiger charge is 2.27. The number of aryl methyl sites for hydroxylation is 2. The monoisotopic (exact) mass is 386 g/mol. The standard InChI is InChI=1S/C21H26N2O5/c1-4-27-12-19(24)23-7-5-15(6-8-23)21(26)22-17-11-16-13(2)10-20(25)28-18(16)9-14(17)3/h9-11,15H,4-8,12H2,1-3H3,(H,22,26). The summed E-state index contributed by atoms with van der Waals surface area (Å²) in [7, 11) is 0. The molecule has 1 aliphatic heterocycles. The van der Waals surface area contributed by atoms with E-state index in [1.54, 1.807) is 11.0 Å². The van der Waals surface area contributed by atoms with Crippen LogP contribution in [0.2, 0.25) is 0 Å². The molecule has 1 aliphatic rings. The summed E-state index contributed by atoms with van der Waals surface area (Å²) in [6.07, 6.45) is 1.26. The van der Waals surface area contributed by atoms with Gasteiger partial charge >= 0.3 is 5.63 Å². The van der Waals surface area contributed by atoms with Gasteiger partial charge in [-0.25, -0.2) is 4.79 Å². The van der Waals surface area contributed by atoms with E-state index in [1.165, 1.54) is 6.07 Å². The van der Waals surface area contributed by atoms with Crippen LogP contribution in [-0.4, -0.2) is 43.0 Å². The van der Waals surface area contributed by atoms with Crippen molar-refractivity contribution in [1.29, 1.82) is 0 Å². The predicted octanol–water partition coefficient (Wildman–Crippen LogP) is 2.62. The third-order valence-electron chi connectivity index (χ3n) is 5.20. The second-order valence-electron chi connectivity index (χ2n) is 7.19. The van der Waals surface area contributed by atoms with Gasteiger partial charge in [-0.3, -0.25) is 9.59 Å². The Balaban J connectivity index is 1.66. The average molecular weight is 386 g/mol. The average Bonchev–Trinajstić information content (AvgIpc) is 2.67. The molecule has 0 aliphatic carbocycles. The summed E-state index contributed by atoms with van der Waals surface area (Å²) < 4.78 is 10.4. The second-order valence-corrected chi connectivity index (χ2v) is 7.19. The predicted molar refractivity (Wildman–Crippen MR) is 106 cm³/mol. The Morgan fingerprint density at radius 2 is 1.89 bits per heavy atom. The van der Waals surface area contributed by atoms with Gasteiger partial charge < -0.3 is 19.4 Å². The van der Waals surface area contributed by atoms with Gasteiger partial charge in [0.05, 0.1) is 0 Å². The Labute approximate surface area is 163 Å². The van der Waals surface area contributed by atoms with Crippen LogP contribution in [0.25, 0.3) is 11.0 Å². The number of ether oxygens (including phenoxy) is 1. The fraction of sp³-hybridized carbons (Fsp3) is 0.476. The highest BCUT2D eigenvalue weighted by atomic mass is 16.5. The molecule has 0 atom stereocenters. The molecule has 0 bridgehead atoms. The number of amides is 2. The molecule has 2 heterocycles. The van der Waals surface area contributed by atoms with Gasteiger partial charge in [0.1, 0.15) is 12.2 Å². The molecule has 1 aromatic carbocycles. The van der Waals surface area contributed by atoms with Gasteiger partial charge in [0.25, 0.3) is 0 Å². The summed E-state index contributed by atoms with van der Waals surface area (Å²) in [5, 5.41) is 3.81. The number of fused-ring (bicyclic) bond motifs is 1. The number of nitrogens with one attached hydrogen (secondary N) is 1. The largest absolute Gasteiger partial charge is 0.423 e. The van der Waals surface area contributed by atoms with Crippen LogP contribution < -0.4 is 10.9 Å². The van der Waals surface area contributed by atoms with E-state index in [9.17, 15) is 14.4 Å². The number of likely N-dealkylation sites (tertiary alicyclic amines) is 1. The van der Waals surface area contributed by atoms with E-state index < -0.39 is 0 Å². The van der Waals surface area contributed by atoms with E-state index in [0.29, 0.717) is 43.8 Å². The van der Waals surface area contributed by atoms with Crippen molar-refractivity contribution < 1.29 is 18.7 Å². The molecule has 3 rings (SSSR count). The molecule has 150 valence electrons. The van der Waals surface area contributed by atoms with Crippen molar-refractivity contribution in [2.45, 2.75) is 33.6 Å². The second kappa shape index (κ2) is 8.56. The molecule has 28 heavy (non-hydrogen) atoms. The molecule has 1 fully saturated rings. The van der Waals surface area contributed by atoms with E-state index in [0.717, 1.165) is 16.5 Å². The molecule has 0 unspecified atom stereocenters. The van der Waals surface area contributed by atoms with Crippen LogP contribution in [-0.2, 0) is 14.3 Å². The highest BCUT2D eigenvalue weighted by molar-refractivity contribution is 5.96. The molecular formula is C21H26N2O5. The summed E-state index contributed by atoms with van der Waals surface area (Å²) in [6, 6.07) is 5.06. The Bertz CT molecular complexity index is 942. The van der Waals surface area contributed by atoms with Gasteiger partial charge in [-0.05, 0) is 56.9 Å². The molecule has 7 nitrogen and oxygen atoms in total. The van der Waals surface area contributed by atoms with Crippen LogP contribution in [0.3, 0.4) is 0 Å². The molecular weight excluding hydrogens is 360 g/mol. The first-order valence-corrected chi connectivity index (χ1v) is 9.60. The molecule has 0 radical (unpaired) electrons.